The third kappa shape index (κ3) is 3.31. The molecule has 0 amide bonds. The van der Waals surface area contributed by atoms with Gasteiger partial charge in [-0.1, -0.05) is 23.2 Å². The van der Waals surface area contributed by atoms with Gasteiger partial charge in [0.2, 0.25) is 0 Å². The lowest BCUT2D eigenvalue weighted by Crippen LogP contribution is -1.89. The van der Waals surface area contributed by atoms with Gasteiger partial charge in [0, 0.05) is 26.4 Å². The van der Waals surface area contributed by atoms with Crippen LogP contribution in [0.15, 0.2) is 41.3 Å². The van der Waals surface area contributed by atoms with Crippen molar-refractivity contribution in [2.24, 2.45) is 0 Å². The number of rotatable bonds is 3. The van der Waals surface area contributed by atoms with Crippen LogP contribution < -0.4 is 5.73 Å². The van der Waals surface area contributed by atoms with Crippen LogP contribution >= 0.6 is 35.0 Å². The zero-order valence-corrected chi connectivity index (χ0v) is 11.6. The molecule has 0 aliphatic rings. The minimum atomic E-state index is -0.321. The van der Waals surface area contributed by atoms with Crippen molar-refractivity contribution in [3.8, 4) is 0 Å². The molecular weight excluding hydrogens is 292 g/mol. The number of anilines is 1. The van der Waals surface area contributed by atoms with Crippen LogP contribution in [-0.4, -0.2) is 0 Å². The molecule has 0 aromatic heterocycles. The topological polar surface area (TPSA) is 26.0 Å². The summed E-state index contributed by atoms with van der Waals surface area (Å²) in [5, 5.41) is 1.25. The normalized spacial score (nSPS) is 10.6. The van der Waals surface area contributed by atoms with Crippen LogP contribution in [-0.2, 0) is 5.75 Å². The Balaban J connectivity index is 2.13. The van der Waals surface area contributed by atoms with E-state index < -0.39 is 0 Å². The van der Waals surface area contributed by atoms with Gasteiger partial charge in [0.15, 0.2) is 0 Å². The quantitative estimate of drug-likeness (QED) is 0.637. The van der Waals surface area contributed by atoms with Gasteiger partial charge >= 0.3 is 0 Å². The number of halogens is 3. The molecule has 0 bridgehead atoms. The van der Waals surface area contributed by atoms with Gasteiger partial charge in [-0.2, -0.15) is 0 Å². The third-order valence-electron chi connectivity index (χ3n) is 2.35. The van der Waals surface area contributed by atoms with Gasteiger partial charge in [-0.3, -0.25) is 0 Å². The molecule has 1 nitrogen and oxygen atoms in total. The molecule has 18 heavy (non-hydrogen) atoms. The highest BCUT2D eigenvalue weighted by atomic mass is 35.5. The summed E-state index contributed by atoms with van der Waals surface area (Å²) in [6.07, 6.45) is 0. The molecular formula is C13H10Cl2FNS. The average Bonchev–Trinajstić information content (AvgIpc) is 2.32. The predicted octanol–water partition coefficient (Wildman–Crippen LogP) is 5.01. The second-order valence-electron chi connectivity index (χ2n) is 3.71. The van der Waals surface area contributed by atoms with E-state index in [0.29, 0.717) is 26.4 Å². The number of thioether (sulfide) groups is 1. The van der Waals surface area contributed by atoms with Crippen molar-refractivity contribution in [2.45, 2.75) is 10.6 Å². The smallest absolute Gasteiger partial charge is 0.138 e. The zero-order chi connectivity index (χ0) is 13.1. The van der Waals surface area contributed by atoms with Crippen molar-refractivity contribution in [2.75, 3.05) is 5.73 Å². The summed E-state index contributed by atoms with van der Waals surface area (Å²) in [6.45, 7) is 0. The Morgan fingerprint density at radius 2 is 1.89 bits per heavy atom. The van der Waals surface area contributed by atoms with E-state index in [2.05, 4.69) is 0 Å². The van der Waals surface area contributed by atoms with Crippen molar-refractivity contribution in [3.05, 3.63) is 57.8 Å². The summed E-state index contributed by atoms with van der Waals surface area (Å²) in [6, 6.07) is 9.88. The Morgan fingerprint density at radius 1 is 1.11 bits per heavy atom. The maximum atomic E-state index is 13.6. The fourth-order valence-electron chi connectivity index (χ4n) is 1.44. The monoisotopic (exact) mass is 301 g/mol. The molecule has 0 unspecified atom stereocenters. The first-order valence-electron chi connectivity index (χ1n) is 5.18. The van der Waals surface area contributed by atoms with Crippen molar-refractivity contribution >= 4 is 40.7 Å². The van der Waals surface area contributed by atoms with Crippen LogP contribution in [0.5, 0.6) is 0 Å². The summed E-state index contributed by atoms with van der Waals surface area (Å²) < 4.78 is 13.6. The summed E-state index contributed by atoms with van der Waals surface area (Å²) >= 11 is 13.3. The Bertz CT molecular complexity index is 575. The lowest BCUT2D eigenvalue weighted by molar-refractivity contribution is 0.603. The summed E-state index contributed by atoms with van der Waals surface area (Å²) in [5.41, 5.74) is 6.79. The molecule has 0 heterocycles. The molecule has 2 rings (SSSR count). The molecule has 0 aliphatic carbocycles. The molecule has 0 radical (unpaired) electrons. The molecule has 0 spiro atoms. The summed E-state index contributed by atoms with van der Waals surface area (Å²) in [4.78, 5) is 0.542. The second-order valence-corrected chi connectivity index (χ2v) is 5.58. The highest BCUT2D eigenvalue weighted by molar-refractivity contribution is 7.98. The van der Waals surface area contributed by atoms with Crippen LogP contribution in [0.4, 0.5) is 10.1 Å². The molecule has 5 heteroatoms. The molecule has 0 saturated heterocycles. The van der Waals surface area contributed by atoms with E-state index in [9.17, 15) is 4.39 Å². The first kappa shape index (κ1) is 13.5. The lowest BCUT2D eigenvalue weighted by atomic mass is 10.2. The molecule has 0 saturated carbocycles. The number of hydrogen-bond donors (Lipinski definition) is 1. The molecule has 94 valence electrons. The largest absolute Gasteiger partial charge is 0.399 e. The Morgan fingerprint density at radius 3 is 2.61 bits per heavy atom. The molecule has 2 N–H and O–H groups in total. The highest BCUT2D eigenvalue weighted by Gasteiger charge is 2.06. The van der Waals surface area contributed by atoms with Gasteiger partial charge < -0.3 is 5.73 Å². The van der Waals surface area contributed by atoms with E-state index in [1.54, 1.807) is 30.3 Å². The van der Waals surface area contributed by atoms with Crippen LogP contribution in [0, 0.1) is 5.82 Å². The predicted molar refractivity (Wildman–Crippen MR) is 76.8 cm³/mol. The van der Waals surface area contributed by atoms with E-state index in [0.717, 1.165) is 5.56 Å². The first-order valence-corrected chi connectivity index (χ1v) is 6.92. The standard InChI is InChI=1S/C13H10Cl2FNS/c14-9-1-3-11(15)8(5-9)7-18-13-4-2-10(17)6-12(13)16/h1-6H,7,17H2. The average molecular weight is 302 g/mol. The molecule has 2 aromatic rings. The number of hydrogen-bond acceptors (Lipinski definition) is 2. The van der Waals surface area contributed by atoms with E-state index >= 15 is 0 Å². The van der Waals surface area contributed by atoms with Crippen LogP contribution in [0.25, 0.3) is 0 Å². The Labute approximate surface area is 119 Å². The van der Waals surface area contributed by atoms with Crippen molar-refractivity contribution in [3.63, 3.8) is 0 Å². The fourth-order valence-corrected chi connectivity index (χ4v) is 2.81. The van der Waals surface area contributed by atoms with Crippen molar-refractivity contribution in [1.82, 2.24) is 0 Å². The van der Waals surface area contributed by atoms with Crippen LogP contribution in [0.1, 0.15) is 5.56 Å². The third-order valence-corrected chi connectivity index (χ3v) is 4.05. The zero-order valence-electron chi connectivity index (χ0n) is 9.29. The fraction of sp³-hybridized carbons (Fsp3) is 0.0769. The van der Waals surface area contributed by atoms with Gasteiger partial charge in [-0.05, 0) is 42.0 Å². The van der Waals surface area contributed by atoms with Crippen molar-refractivity contribution < 1.29 is 4.39 Å². The van der Waals surface area contributed by atoms with E-state index in [1.165, 1.54) is 17.8 Å². The summed E-state index contributed by atoms with van der Waals surface area (Å²) in [7, 11) is 0. The molecule has 0 aliphatic heterocycles. The van der Waals surface area contributed by atoms with Gasteiger partial charge in [0.05, 0.1) is 0 Å². The van der Waals surface area contributed by atoms with Crippen molar-refractivity contribution in [1.29, 1.82) is 0 Å². The number of nitrogen functional groups attached to an aromatic ring is 1. The van der Waals surface area contributed by atoms with Gasteiger partial charge in [-0.15, -0.1) is 11.8 Å². The lowest BCUT2D eigenvalue weighted by Gasteiger charge is -2.06. The SMILES string of the molecule is Nc1ccc(SCc2cc(Cl)ccc2Cl)c(F)c1. The molecule has 0 atom stereocenters. The molecule has 0 fully saturated rings. The maximum Gasteiger partial charge on any atom is 0.138 e. The maximum absolute atomic E-state index is 13.6. The Kier molecular flexibility index (Phi) is 4.38. The highest BCUT2D eigenvalue weighted by Crippen LogP contribution is 2.30. The minimum absolute atomic E-state index is 0.321. The molecule has 2 aromatic carbocycles. The van der Waals surface area contributed by atoms with Crippen LogP contribution in [0.3, 0.4) is 0 Å². The van der Waals surface area contributed by atoms with Gasteiger partial charge in [0.25, 0.3) is 0 Å². The number of nitrogens with two attached hydrogens (primary N) is 1. The second kappa shape index (κ2) is 5.83. The van der Waals surface area contributed by atoms with E-state index in [-0.39, 0.29) is 5.82 Å². The minimum Gasteiger partial charge on any atom is -0.399 e. The van der Waals surface area contributed by atoms with E-state index in [4.69, 9.17) is 28.9 Å². The summed E-state index contributed by atoms with van der Waals surface area (Å²) in [5.74, 6) is 0.235. The number of benzene rings is 2. The van der Waals surface area contributed by atoms with Crippen LogP contribution in [0.2, 0.25) is 10.0 Å². The van der Waals surface area contributed by atoms with E-state index in [1.807, 2.05) is 0 Å². The first-order chi connectivity index (χ1) is 8.56. The van der Waals surface area contributed by atoms with Gasteiger partial charge in [0.1, 0.15) is 5.82 Å². The van der Waals surface area contributed by atoms with Gasteiger partial charge in [-0.25, -0.2) is 4.39 Å². The Hall–Kier alpha value is -0.900.